The Morgan fingerprint density at radius 2 is 1.64 bits per heavy atom. The molecule has 2 aromatic carbocycles. The fourth-order valence-electron chi connectivity index (χ4n) is 2.83. The van der Waals surface area contributed by atoms with Gasteiger partial charge in [-0.25, -0.2) is 0 Å². The maximum atomic E-state index is 12.6. The smallest absolute Gasteiger partial charge is 0.251 e. The molecule has 0 aliphatic carbocycles. The van der Waals surface area contributed by atoms with Gasteiger partial charge in [0, 0.05) is 17.7 Å². The van der Waals surface area contributed by atoms with E-state index in [9.17, 15) is 14.4 Å². The van der Waals surface area contributed by atoms with Gasteiger partial charge in [-0.1, -0.05) is 43.0 Å². The Labute approximate surface area is 146 Å². The van der Waals surface area contributed by atoms with Crippen LogP contribution in [0.3, 0.4) is 0 Å². The molecular formula is C20H18N2O3. The summed E-state index contributed by atoms with van der Waals surface area (Å²) in [6.45, 7) is 3.78. The maximum absolute atomic E-state index is 12.6. The molecule has 2 aromatic rings. The highest BCUT2D eigenvalue weighted by molar-refractivity contribution is 6.21. The van der Waals surface area contributed by atoms with Crippen LogP contribution in [-0.4, -0.2) is 17.7 Å². The van der Waals surface area contributed by atoms with E-state index >= 15 is 0 Å². The maximum Gasteiger partial charge on any atom is 0.251 e. The molecule has 126 valence electrons. The lowest BCUT2D eigenvalue weighted by Crippen LogP contribution is -2.30. The SMILES string of the molecule is C=C(C[C@@H]1CC(=O)N(c2ccccc2)C1=O)C(=O)Nc1ccccc1. The van der Waals surface area contributed by atoms with E-state index in [1.165, 1.54) is 4.90 Å². The predicted molar refractivity (Wildman–Crippen MR) is 95.9 cm³/mol. The average molecular weight is 334 g/mol. The first-order chi connectivity index (χ1) is 12.1. The Morgan fingerprint density at radius 3 is 2.28 bits per heavy atom. The Kier molecular flexibility index (Phi) is 4.75. The first-order valence-corrected chi connectivity index (χ1v) is 8.02. The van der Waals surface area contributed by atoms with Crippen LogP contribution in [0.25, 0.3) is 0 Å². The van der Waals surface area contributed by atoms with E-state index in [-0.39, 0.29) is 36.1 Å². The van der Waals surface area contributed by atoms with Crippen molar-refractivity contribution >= 4 is 29.1 Å². The summed E-state index contributed by atoms with van der Waals surface area (Å²) in [6.07, 6.45) is 0.248. The molecule has 3 amide bonds. The minimum atomic E-state index is -0.554. The summed E-state index contributed by atoms with van der Waals surface area (Å²) in [7, 11) is 0. The quantitative estimate of drug-likeness (QED) is 0.675. The number of hydrogen-bond acceptors (Lipinski definition) is 3. The lowest BCUT2D eigenvalue weighted by Gasteiger charge is -2.15. The number of para-hydroxylation sites is 2. The molecule has 0 bridgehead atoms. The molecule has 0 aromatic heterocycles. The highest BCUT2D eigenvalue weighted by atomic mass is 16.2. The van der Waals surface area contributed by atoms with E-state index in [1.807, 2.05) is 24.3 Å². The molecule has 0 unspecified atom stereocenters. The van der Waals surface area contributed by atoms with Gasteiger partial charge in [0.15, 0.2) is 0 Å². The average Bonchev–Trinajstić information content (AvgIpc) is 2.90. The summed E-state index contributed by atoms with van der Waals surface area (Å²) in [5, 5.41) is 2.74. The van der Waals surface area contributed by atoms with Gasteiger partial charge >= 0.3 is 0 Å². The largest absolute Gasteiger partial charge is 0.322 e. The van der Waals surface area contributed by atoms with Crippen molar-refractivity contribution in [3.63, 3.8) is 0 Å². The third-order valence-electron chi connectivity index (χ3n) is 4.10. The van der Waals surface area contributed by atoms with Crippen molar-refractivity contribution in [2.24, 2.45) is 5.92 Å². The third-order valence-corrected chi connectivity index (χ3v) is 4.10. The van der Waals surface area contributed by atoms with Gasteiger partial charge in [0.05, 0.1) is 11.6 Å². The van der Waals surface area contributed by atoms with E-state index in [0.717, 1.165) is 0 Å². The van der Waals surface area contributed by atoms with Crippen LogP contribution in [-0.2, 0) is 14.4 Å². The van der Waals surface area contributed by atoms with E-state index in [4.69, 9.17) is 0 Å². The molecule has 0 spiro atoms. The topological polar surface area (TPSA) is 66.5 Å². The van der Waals surface area contributed by atoms with Gasteiger partial charge in [-0.3, -0.25) is 19.3 Å². The number of amides is 3. The van der Waals surface area contributed by atoms with E-state index < -0.39 is 5.92 Å². The highest BCUT2D eigenvalue weighted by Gasteiger charge is 2.39. The van der Waals surface area contributed by atoms with E-state index in [0.29, 0.717) is 11.4 Å². The summed E-state index contributed by atoms with van der Waals surface area (Å²) >= 11 is 0. The van der Waals surface area contributed by atoms with E-state index in [2.05, 4.69) is 11.9 Å². The van der Waals surface area contributed by atoms with Crippen molar-refractivity contribution in [1.29, 1.82) is 0 Å². The van der Waals surface area contributed by atoms with Crippen molar-refractivity contribution < 1.29 is 14.4 Å². The Hall–Kier alpha value is -3.21. The molecule has 3 rings (SSSR count). The molecule has 1 fully saturated rings. The molecule has 1 aliphatic heterocycles. The lowest BCUT2D eigenvalue weighted by atomic mass is 9.98. The molecule has 0 saturated carbocycles. The number of hydrogen-bond donors (Lipinski definition) is 1. The van der Waals surface area contributed by atoms with Gasteiger partial charge in [-0.2, -0.15) is 0 Å². The monoisotopic (exact) mass is 334 g/mol. The number of benzene rings is 2. The Balaban J connectivity index is 1.65. The molecule has 0 radical (unpaired) electrons. The number of imide groups is 1. The standard InChI is InChI=1S/C20H18N2O3/c1-14(19(24)21-16-8-4-2-5-9-16)12-15-13-18(23)22(20(15)25)17-10-6-3-7-11-17/h2-11,15H,1,12-13H2,(H,21,24)/t15-/m1/s1. The number of rotatable bonds is 5. The number of carbonyl (C=O) groups is 3. The van der Waals surface area contributed by atoms with Crippen molar-refractivity contribution in [3.8, 4) is 0 Å². The van der Waals surface area contributed by atoms with Crippen LogP contribution in [0.5, 0.6) is 0 Å². The summed E-state index contributed by atoms with van der Waals surface area (Å²) < 4.78 is 0. The summed E-state index contributed by atoms with van der Waals surface area (Å²) in [4.78, 5) is 38.2. The summed E-state index contributed by atoms with van der Waals surface area (Å²) in [6, 6.07) is 17.8. The fraction of sp³-hybridized carbons (Fsp3) is 0.150. The zero-order valence-corrected chi connectivity index (χ0v) is 13.6. The fourth-order valence-corrected chi connectivity index (χ4v) is 2.83. The minimum absolute atomic E-state index is 0.0887. The van der Waals surface area contributed by atoms with Gasteiger partial charge in [-0.05, 0) is 30.7 Å². The molecule has 25 heavy (non-hydrogen) atoms. The summed E-state index contributed by atoms with van der Waals surface area (Å²) in [5.74, 6) is -1.44. The zero-order valence-electron chi connectivity index (χ0n) is 13.6. The molecule has 1 heterocycles. The molecule has 1 N–H and O–H groups in total. The molecular weight excluding hydrogens is 316 g/mol. The second kappa shape index (κ2) is 7.13. The first-order valence-electron chi connectivity index (χ1n) is 8.02. The van der Waals surface area contributed by atoms with Gasteiger partial charge < -0.3 is 5.32 Å². The minimum Gasteiger partial charge on any atom is -0.322 e. The van der Waals surface area contributed by atoms with Crippen LogP contribution in [0.15, 0.2) is 72.8 Å². The Morgan fingerprint density at radius 1 is 1.04 bits per heavy atom. The zero-order chi connectivity index (χ0) is 17.8. The second-order valence-electron chi connectivity index (χ2n) is 5.93. The van der Waals surface area contributed by atoms with E-state index in [1.54, 1.807) is 36.4 Å². The van der Waals surface area contributed by atoms with Crippen molar-refractivity contribution in [1.82, 2.24) is 0 Å². The number of nitrogens with zero attached hydrogens (tertiary/aromatic N) is 1. The number of carbonyl (C=O) groups excluding carboxylic acids is 3. The van der Waals surface area contributed by atoms with Crippen LogP contribution in [0.1, 0.15) is 12.8 Å². The molecule has 1 aliphatic rings. The molecule has 1 atom stereocenters. The predicted octanol–water partition coefficient (Wildman–Crippen LogP) is 3.15. The van der Waals surface area contributed by atoms with Crippen molar-refractivity contribution in [3.05, 3.63) is 72.8 Å². The Bertz CT molecular complexity index is 815. The highest BCUT2D eigenvalue weighted by Crippen LogP contribution is 2.30. The van der Waals surface area contributed by atoms with Gasteiger partial charge in [0.25, 0.3) is 5.91 Å². The van der Waals surface area contributed by atoms with Crippen LogP contribution < -0.4 is 10.2 Å². The van der Waals surface area contributed by atoms with Crippen molar-refractivity contribution in [2.75, 3.05) is 10.2 Å². The van der Waals surface area contributed by atoms with Crippen LogP contribution in [0.2, 0.25) is 0 Å². The third kappa shape index (κ3) is 3.66. The second-order valence-corrected chi connectivity index (χ2v) is 5.93. The molecule has 5 nitrogen and oxygen atoms in total. The van der Waals surface area contributed by atoms with Gasteiger partial charge in [0.2, 0.25) is 11.8 Å². The number of anilines is 2. The number of nitrogens with one attached hydrogen (secondary N) is 1. The van der Waals surface area contributed by atoms with Gasteiger partial charge in [0.1, 0.15) is 0 Å². The lowest BCUT2D eigenvalue weighted by molar-refractivity contribution is -0.122. The van der Waals surface area contributed by atoms with Crippen LogP contribution in [0, 0.1) is 5.92 Å². The van der Waals surface area contributed by atoms with Crippen LogP contribution in [0.4, 0.5) is 11.4 Å². The normalized spacial score (nSPS) is 16.8. The molecule has 1 saturated heterocycles. The summed E-state index contributed by atoms with van der Waals surface area (Å²) in [5.41, 5.74) is 1.50. The molecule has 5 heteroatoms. The van der Waals surface area contributed by atoms with Crippen LogP contribution >= 0.6 is 0 Å². The first kappa shape index (κ1) is 16.6. The van der Waals surface area contributed by atoms with Crippen molar-refractivity contribution in [2.45, 2.75) is 12.8 Å². The van der Waals surface area contributed by atoms with Gasteiger partial charge in [-0.15, -0.1) is 0 Å².